The molecule has 0 spiro atoms. The van der Waals surface area contributed by atoms with Gasteiger partial charge >= 0.3 is 5.97 Å². The first-order valence-corrected chi connectivity index (χ1v) is 4.96. The molecule has 0 aromatic heterocycles. The number of aliphatic carboxylic acids is 1. The third-order valence-electron chi connectivity index (χ3n) is 1.88. The molecule has 1 amide bonds. The fraction of sp³-hybridized carbons (Fsp3) is 0.778. The molecule has 1 saturated heterocycles. The first-order chi connectivity index (χ1) is 7.70. The van der Waals surface area contributed by atoms with E-state index in [1.165, 1.54) is 0 Å². The van der Waals surface area contributed by atoms with Gasteiger partial charge in [-0.15, -0.1) is 0 Å². The molecule has 1 aliphatic rings. The number of carbonyl (C=O) groups excluding carboxylic acids is 1. The van der Waals surface area contributed by atoms with Crippen molar-refractivity contribution in [1.29, 1.82) is 0 Å². The zero-order chi connectivity index (χ0) is 11.8. The van der Waals surface area contributed by atoms with E-state index in [-0.39, 0.29) is 32.3 Å². The summed E-state index contributed by atoms with van der Waals surface area (Å²) in [5.41, 5.74) is 0. The molecule has 0 saturated carbocycles. The van der Waals surface area contributed by atoms with Gasteiger partial charge in [-0.25, -0.2) is 4.79 Å². The Labute approximate surface area is 92.7 Å². The fourth-order valence-electron chi connectivity index (χ4n) is 1.16. The topological polar surface area (TPSA) is 94.1 Å². The molecular weight excluding hydrogens is 218 g/mol. The second kappa shape index (κ2) is 7.15. The van der Waals surface area contributed by atoms with E-state index in [1.807, 2.05) is 0 Å². The minimum atomic E-state index is -1.03. The van der Waals surface area contributed by atoms with Crippen molar-refractivity contribution in [1.82, 2.24) is 5.32 Å². The highest BCUT2D eigenvalue weighted by atomic mass is 16.6. The van der Waals surface area contributed by atoms with Crippen LogP contribution in [0, 0.1) is 0 Å². The third-order valence-corrected chi connectivity index (χ3v) is 1.88. The van der Waals surface area contributed by atoms with Gasteiger partial charge in [-0.05, 0) is 0 Å². The van der Waals surface area contributed by atoms with Crippen LogP contribution < -0.4 is 5.32 Å². The average Bonchev–Trinajstić information content (AvgIpc) is 2.29. The van der Waals surface area contributed by atoms with E-state index in [0.717, 1.165) is 0 Å². The highest BCUT2D eigenvalue weighted by molar-refractivity contribution is 5.80. The van der Waals surface area contributed by atoms with Crippen molar-refractivity contribution >= 4 is 11.9 Å². The molecule has 1 rings (SSSR count). The van der Waals surface area contributed by atoms with Gasteiger partial charge in [0, 0.05) is 6.54 Å². The fourth-order valence-corrected chi connectivity index (χ4v) is 1.16. The molecule has 0 aliphatic carbocycles. The third kappa shape index (κ3) is 5.06. The van der Waals surface area contributed by atoms with Gasteiger partial charge in [0.2, 0.25) is 0 Å². The number of hydrogen-bond donors (Lipinski definition) is 2. The van der Waals surface area contributed by atoms with Gasteiger partial charge in [-0.1, -0.05) is 0 Å². The SMILES string of the molecule is O=C(O)COCCNC(=O)C1COCCO1. The van der Waals surface area contributed by atoms with E-state index in [1.54, 1.807) is 0 Å². The molecule has 1 aliphatic heterocycles. The number of carbonyl (C=O) groups is 2. The lowest BCUT2D eigenvalue weighted by Gasteiger charge is -2.21. The lowest BCUT2D eigenvalue weighted by atomic mass is 10.3. The van der Waals surface area contributed by atoms with Crippen molar-refractivity contribution in [3.05, 3.63) is 0 Å². The van der Waals surface area contributed by atoms with Crippen LogP contribution >= 0.6 is 0 Å². The number of nitrogens with one attached hydrogen (secondary N) is 1. The summed E-state index contributed by atoms with van der Waals surface area (Å²) < 4.78 is 15.0. The van der Waals surface area contributed by atoms with Crippen LogP contribution in [0.4, 0.5) is 0 Å². The zero-order valence-electron chi connectivity index (χ0n) is 8.81. The van der Waals surface area contributed by atoms with E-state index in [4.69, 9.17) is 19.3 Å². The molecule has 92 valence electrons. The van der Waals surface area contributed by atoms with Gasteiger partial charge < -0.3 is 24.6 Å². The molecule has 0 aromatic carbocycles. The highest BCUT2D eigenvalue weighted by Gasteiger charge is 2.21. The molecule has 7 nitrogen and oxygen atoms in total. The number of carboxylic acids is 1. The summed E-state index contributed by atoms with van der Waals surface area (Å²) in [4.78, 5) is 21.5. The number of hydrogen-bond acceptors (Lipinski definition) is 5. The van der Waals surface area contributed by atoms with Gasteiger partial charge in [0.15, 0.2) is 6.10 Å². The maximum atomic E-state index is 11.4. The van der Waals surface area contributed by atoms with Crippen LogP contribution in [-0.2, 0) is 23.8 Å². The Balaban J connectivity index is 2.03. The van der Waals surface area contributed by atoms with Crippen LogP contribution in [0.5, 0.6) is 0 Å². The minimum absolute atomic E-state index is 0.158. The highest BCUT2D eigenvalue weighted by Crippen LogP contribution is 1.99. The standard InChI is InChI=1S/C9H15NO6/c11-8(12)6-14-2-1-10-9(13)7-5-15-3-4-16-7/h7H,1-6H2,(H,10,13)(H,11,12). The molecule has 1 fully saturated rings. The quantitative estimate of drug-likeness (QED) is 0.549. The summed E-state index contributed by atoms with van der Waals surface area (Å²) in [6.45, 7) is 1.22. The monoisotopic (exact) mass is 233 g/mol. The predicted molar refractivity (Wildman–Crippen MR) is 52.0 cm³/mol. The largest absolute Gasteiger partial charge is 0.480 e. The van der Waals surface area contributed by atoms with Crippen LogP contribution in [0.2, 0.25) is 0 Å². The van der Waals surface area contributed by atoms with Crippen molar-refractivity contribution in [3.63, 3.8) is 0 Å². The van der Waals surface area contributed by atoms with Crippen molar-refractivity contribution in [3.8, 4) is 0 Å². The molecular formula is C9H15NO6. The average molecular weight is 233 g/mol. The van der Waals surface area contributed by atoms with Crippen molar-refractivity contribution < 1.29 is 28.9 Å². The van der Waals surface area contributed by atoms with Crippen LogP contribution in [0.25, 0.3) is 0 Å². The summed E-state index contributed by atoms with van der Waals surface area (Å²) in [7, 11) is 0. The molecule has 2 N–H and O–H groups in total. The van der Waals surface area contributed by atoms with Crippen molar-refractivity contribution in [2.75, 3.05) is 39.6 Å². The van der Waals surface area contributed by atoms with Gasteiger partial charge in [0.05, 0.1) is 26.4 Å². The Bertz CT molecular complexity index is 238. The Kier molecular flexibility index (Phi) is 5.76. The van der Waals surface area contributed by atoms with Gasteiger partial charge in [0.1, 0.15) is 6.61 Å². The maximum Gasteiger partial charge on any atom is 0.329 e. The molecule has 0 radical (unpaired) electrons. The summed E-state index contributed by atoms with van der Waals surface area (Å²) in [6.07, 6.45) is -0.576. The van der Waals surface area contributed by atoms with E-state index in [2.05, 4.69) is 5.32 Å². The van der Waals surface area contributed by atoms with Crippen LogP contribution in [0.1, 0.15) is 0 Å². The summed E-state index contributed by atoms with van der Waals surface area (Å²) >= 11 is 0. The molecule has 0 bridgehead atoms. The van der Waals surface area contributed by atoms with E-state index in [9.17, 15) is 9.59 Å². The van der Waals surface area contributed by atoms with E-state index < -0.39 is 12.1 Å². The van der Waals surface area contributed by atoms with Gasteiger partial charge in [0.25, 0.3) is 5.91 Å². The lowest BCUT2D eigenvalue weighted by Crippen LogP contribution is -2.43. The molecule has 1 unspecified atom stereocenters. The predicted octanol–water partition coefficient (Wildman–Crippen LogP) is -1.38. The zero-order valence-corrected chi connectivity index (χ0v) is 8.81. The molecule has 16 heavy (non-hydrogen) atoms. The first-order valence-electron chi connectivity index (χ1n) is 4.96. The van der Waals surface area contributed by atoms with Crippen molar-refractivity contribution in [2.24, 2.45) is 0 Å². The minimum Gasteiger partial charge on any atom is -0.480 e. The number of ether oxygens (including phenoxy) is 3. The maximum absolute atomic E-state index is 11.4. The number of amides is 1. The summed E-state index contributed by atoms with van der Waals surface area (Å²) in [5, 5.41) is 10.8. The number of carboxylic acid groups (broad SMARTS) is 1. The Morgan fingerprint density at radius 2 is 2.25 bits per heavy atom. The molecule has 1 atom stereocenters. The lowest BCUT2D eigenvalue weighted by molar-refractivity contribution is -0.147. The normalized spacial score (nSPS) is 20.4. The molecule has 0 aromatic rings. The van der Waals surface area contributed by atoms with Gasteiger partial charge in [-0.3, -0.25) is 4.79 Å². The second-order valence-corrected chi connectivity index (χ2v) is 3.17. The molecule has 7 heteroatoms. The first kappa shape index (κ1) is 12.9. The smallest absolute Gasteiger partial charge is 0.329 e. The van der Waals surface area contributed by atoms with Crippen LogP contribution in [-0.4, -0.2) is 62.7 Å². The van der Waals surface area contributed by atoms with E-state index in [0.29, 0.717) is 13.2 Å². The summed E-state index contributed by atoms with van der Waals surface area (Å²) in [5.74, 6) is -1.30. The second-order valence-electron chi connectivity index (χ2n) is 3.17. The Morgan fingerprint density at radius 3 is 2.88 bits per heavy atom. The van der Waals surface area contributed by atoms with Gasteiger partial charge in [-0.2, -0.15) is 0 Å². The number of rotatable bonds is 6. The van der Waals surface area contributed by atoms with Crippen LogP contribution in [0.3, 0.4) is 0 Å². The Morgan fingerprint density at radius 1 is 1.44 bits per heavy atom. The van der Waals surface area contributed by atoms with E-state index >= 15 is 0 Å². The molecule has 1 heterocycles. The summed E-state index contributed by atoms with van der Waals surface area (Å²) in [6, 6.07) is 0. The Hall–Kier alpha value is -1.18. The van der Waals surface area contributed by atoms with Crippen LogP contribution in [0.15, 0.2) is 0 Å². The van der Waals surface area contributed by atoms with Crippen molar-refractivity contribution in [2.45, 2.75) is 6.10 Å².